The maximum atomic E-state index is 13.3. The lowest BCUT2D eigenvalue weighted by Crippen LogP contribution is -2.30. The van der Waals surface area contributed by atoms with E-state index in [1.165, 1.54) is 12.8 Å². The van der Waals surface area contributed by atoms with Gasteiger partial charge in [0.15, 0.2) is 0 Å². The lowest BCUT2D eigenvalue weighted by molar-refractivity contribution is 0.0375. The highest BCUT2D eigenvalue weighted by molar-refractivity contribution is 7.98. The molecule has 0 saturated heterocycles. The van der Waals surface area contributed by atoms with Crippen LogP contribution in [0.25, 0.3) is 11.3 Å². The molecule has 0 radical (unpaired) electrons. The number of rotatable bonds is 6. The van der Waals surface area contributed by atoms with Gasteiger partial charge in [0.2, 0.25) is 0 Å². The summed E-state index contributed by atoms with van der Waals surface area (Å²) in [7, 11) is 0. The Balaban J connectivity index is 1.60. The molecule has 31 heavy (non-hydrogen) atoms. The number of pyridine rings is 1. The molecule has 2 heterocycles. The number of carbonyl (C=O) groups excluding carboxylic acids is 1. The summed E-state index contributed by atoms with van der Waals surface area (Å²) in [4.78, 5) is 27.0. The summed E-state index contributed by atoms with van der Waals surface area (Å²) < 4.78 is 13.3. The van der Waals surface area contributed by atoms with Crippen molar-refractivity contribution in [2.24, 2.45) is 5.92 Å². The molecule has 0 N–H and O–H groups in total. The van der Waals surface area contributed by atoms with E-state index in [9.17, 15) is 9.59 Å². The van der Waals surface area contributed by atoms with Gasteiger partial charge in [-0.2, -0.15) is 0 Å². The molecule has 1 aromatic heterocycles. The number of halogens is 1. The molecular formula is C24H26ClNO4S. The maximum absolute atomic E-state index is 13.3. The number of nitrogens with zero attached hydrogens (tertiary/aromatic N) is 1. The van der Waals surface area contributed by atoms with E-state index in [-0.39, 0.29) is 29.4 Å². The largest absolute Gasteiger partial charge is 0.489 e. The molecule has 2 fully saturated rings. The van der Waals surface area contributed by atoms with E-state index in [0.717, 1.165) is 34.6 Å². The van der Waals surface area contributed by atoms with Crippen LogP contribution in [0, 0.1) is 5.92 Å². The van der Waals surface area contributed by atoms with Gasteiger partial charge in [-0.05, 0) is 76.1 Å². The maximum Gasteiger partial charge on any atom is 0.344 e. The van der Waals surface area contributed by atoms with Crippen molar-refractivity contribution < 1.29 is 14.3 Å². The van der Waals surface area contributed by atoms with Crippen LogP contribution in [0.15, 0.2) is 27.9 Å². The molecule has 5 rings (SSSR count). The molecule has 1 atom stereocenters. The number of hydrogen-bond donors (Lipinski definition) is 0. The first kappa shape index (κ1) is 21.0. The van der Waals surface area contributed by atoms with Gasteiger partial charge in [0.25, 0.3) is 5.56 Å². The Morgan fingerprint density at radius 3 is 2.55 bits per heavy atom. The third-order valence-electron chi connectivity index (χ3n) is 6.06. The Hall–Kier alpha value is -1.92. The fraction of sp³-hybridized carbons (Fsp3) is 0.500. The highest BCUT2D eigenvalue weighted by Crippen LogP contribution is 2.48. The molecule has 7 heteroatoms. The van der Waals surface area contributed by atoms with Gasteiger partial charge in [0, 0.05) is 22.3 Å². The molecule has 0 amide bonds. The van der Waals surface area contributed by atoms with E-state index in [1.807, 2.05) is 12.1 Å². The number of hydrogen-bond acceptors (Lipinski definition) is 5. The smallest absolute Gasteiger partial charge is 0.344 e. The van der Waals surface area contributed by atoms with Gasteiger partial charge in [0.1, 0.15) is 11.3 Å². The van der Waals surface area contributed by atoms with Crippen LogP contribution in [0.4, 0.5) is 0 Å². The zero-order chi connectivity index (χ0) is 21.9. The second-order valence-corrected chi connectivity index (χ2v) is 10.4. The number of esters is 1. The van der Waals surface area contributed by atoms with Crippen LogP contribution in [0.5, 0.6) is 5.75 Å². The van der Waals surface area contributed by atoms with Crippen molar-refractivity contribution in [1.82, 2.24) is 4.57 Å². The summed E-state index contributed by atoms with van der Waals surface area (Å²) in [5, 5.41) is 0.554. The third kappa shape index (κ3) is 4.00. The van der Waals surface area contributed by atoms with Gasteiger partial charge in [-0.25, -0.2) is 4.79 Å². The van der Waals surface area contributed by atoms with E-state index in [0.29, 0.717) is 22.4 Å². The van der Waals surface area contributed by atoms with Crippen LogP contribution in [0.2, 0.25) is 5.02 Å². The first-order valence-electron chi connectivity index (χ1n) is 11.0. The first-order valence-corrected chi connectivity index (χ1v) is 12.3. The molecule has 2 saturated carbocycles. The zero-order valence-electron chi connectivity index (χ0n) is 17.9. The zero-order valence-corrected chi connectivity index (χ0v) is 19.5. The number of carbonyl (C=O) groups is 1. The van der Waals surface area contributed by atoms with Crippen LogP contribution in [0.1, 0.15) is 68.4 Å². The van der Waals surface area contributed by atoms with E-state index < -0.39 is 5.97 Å². The Morgan fingerprint density at radius 1 is 1.16 bits per heavy atom. The fourth-order valence-electron chi connectivity index (χ4n) is 4.16. The van der Waals surface area contributed by atoms with Crippen molar-refractivity contribution in [2.45, 2.75) is 75.4 Å². The Labute approximate surface area is 191 Å². The molecule has 0 spiro atoms. The Bertz CT molecular complexity index is 1120. The Morgan fingerprint density at radius 2 is 1.90 bits per heavy atom. The van der Waals surface area contributed by atoms with Crippen molar-refractivity contribution in [3.05, 3.63) is 44.7 Å². The molecule has 5 nitrogen and oxygen atoms in total. The van der Waals surface area contributed by atoms with Gasteiger partial charge < -0.3 is 14.0 Å². The van der Waals surface area contributed by atoms with Crippen molar-refractivity contribution in [2.75, 3.05) is 0 Å². The van der Waals surface area contributed by atoms with Gasteiger partial charge >= 0.3 is 5.97 Å². The number of benzene rings is 1. The normalized spacial score (nSPS) is 18.4. The van der Waals surface area contributed by atoms with E-state index in [4.69, 9.17) is 21.1 Å². The molecule has 164 valence electrons. The third-order valence-corrected chi connectivity index (χ3v) is 7.46. The highest BCUT2D eigenvalue weighted by Gasteiger charge is 2.34. The summed E-state index contributed by atoms with van der Waals surface area (Å²) in [5.41, 5.74) is 2.63. The number of ether oxygens (including phenoxy) is 2. The summed E-state index contributed by atoms with van der Waals surface area (Å²) in [6, 6.07) is 5.76. The molecule has 3 aliphatic rings. The molecule has 2 aromatic rings. The van der Waals surface area contributed by atoms with Crippen molar-refractivity contribution >= 4 is 29.3 Å². The van der Waals surface area contributed by atoms with E-state index >= 15 is 0 Å². The minimum atomic E-state index is -0.552. The average molecular weight is 460 g/mol. The lowest BCUT2D eigenvalue weighted by atomic mass is 10.0. The number of aromatic nitrogens is 1. The Kier molecular flexibility index (Phi) is 5.33. The van der Waals surface area contributed by atoms with E-state index in [1.54, 1.807) is 36.2 Å². The first-order chi connectivity index (χ1) is 14.8. The quantitative estimate of drug-likeness (QED) is 0.507. The molecule has 1 unspecified atom stereocenters. The van der Waals surface area contributed by atoms with Crippen LogP contribution in [-0.2, 0) is 10.5 Å². The van der Waals surface area contributed by atoms with Crippen LogP contribution < -0.4 is 10.3 Å². The summed E-state index contributed by atoms with van der Waals surface area (Å²) in [6.07, 6.45) is 4.16. The predicted molar refractivity (Wildman–Crippen MR) is 122 cm³/mol. The minimum Gasteiger partial charge on any atom is -0.489 e. The summed E-state index contributed by atoms with van der Waals surface area (Å²) in [6.45, 7) is 5.67. The van der Waals surface area contributed by atoms with Crippen molar-refractivity contribution in [3.8, 4) is 17.0 Å². The van der Waals surface area contributed by atoms with Crippen molar-refractivity contribution in [1.29, 1.82) is 0 Å². The van der Waals surface area contributed by atoms with Gasteiger partial charge in [-0.1, -0.05) is 11.6 Å². The summed E-state index contributed by atoms with van der Waals surface area (Å²) >= 11 is 8.31. The summed E-state index contributed by atoms with van der Waals surface area (Å²) in [5.74, 6) is 1.44. The number of thioether (sulfide) groups is 1. The van der Waals surface area contributed by atoms with E-state index in [2.05, 4.69) is 6.92 Å². The topological polar surface area (TPSA) is 57.5 Å². The standard InChI is InChI=1S/C24H26ClNO4S/c1-12(2)29-24(28)18-8-15-11-31-21-10-20(30-13(3)14-4-5-14)19(25)9-17(21)22(15)26(23(18)27)16-6-7-16/h8-10,12-14,16H,4-7,11H2,1-3H3. The lowest BCUT2D eigenvalue weighted by Gasteiger charge is -2.26. The second-order valence-electron chi connectivity index (χ2n) is 9.02. The molecule has 0 bridgehead atoms. The van der Waals surface area contributed by atoms with Gasteiger partial charge in [-0.3, -0.25) is 4.79 Å². The van der Waals surface area contributed by atoms with Crippen molar-refractivity contribution in [3.63, 3.8) is 0 Å². The monoisotopic (exact) mass is 459 g/mol. The minimum absolute atomic E-state index is 0.118. The average Bonchev–Trinajstić information content (AvgIpc) is 3.61. The van der Waals surface area contributed by atoms with Gasteiger partial charge in [-0.15, -0.1) is 11.8 Å². The van der Waals surface area contributed by atoms with Crippen LogP contribution >= 0.6 is 23.4 Å². The predicted octanol–water partition coefficient (Wildman–Crippen LogP) is 5.85. The second kappa shape index (κ2) is 7.89. The SMILES string of the molecule is CC(C)OC(=O)c1cc2c(n(C3CC3)c1=O)-c1cc(Cl)c(OC(C)C3CC3)cc1SC2. The van der Waals surface area contributed by atoms with Gasteiger partial charge in [0.05, 0.1) is 22.9 Å². The molecular weight excluding hydrogens is 434 g/mol. The van der Waals surface area contributed by atoms with Crippen LogP contribution in [-0.4, -0.2) is 22.7 Å². The molecule has 1 aliphatic heterocycles. The van der Waals surface area contributed by atoms with Crippen LogP contribution in [0.3, 0.4) is 0 Å². The fourth-order valence-corrected chi connectivity index (χ4v) is 5.40. The number of fused-ring (bicyclic) bond motifs is 3. The molecule has 2 aliphatic carbocycles. The highest BCUT2D eigenvalue weighted by atomic mass is 35.5. The molecule has 1 aromatic carbocycles.